The zero-order valence-corrected chi connectivity index (χ0v) is 16.1. The highest BCUT2D eigenvalue weighted by Crippen LogP contribution is 2.20. The molecule has 140 valence electrons. The number of anilines is 1. The summed E-state index contributed by atoms with van der Waals surface area (Å²) in [4.78, 5) is 6.78. The summed E-state index contributed by atoms with van der Waals surface area (Å²) in [5, 5.41) is 6.93. The summed E-state index contributed by atoms with van der Waals surface area (Å²) >= 11 is 0. The normalized spacial score (nSPS) is 17.8. The van der Waals surface area contributed by atoms with Crippen molar-refractivity contribution in [2.24, 2.45) is 4.99 Å². The Labute approximate surface area is 152 Å². The van der Waals surface area contributed by atoms with Crippen LogP contribution in [-0.2, 0) is 4.74 Å². The van der Waals surface area contributed by atoms with Crippen molar-refractivity contribution in [1.82, 2.24) is 10.6 Å². The molecule has 0 saturated carbocycles. The minimum Gasteiger partial charge on any atom is -0.381 e. The number of aliphatic imine (C=N–C) groups is 1. The van der Waals surface area contributed by atoms with E-state index in [0.717, 1.165) is 58.1 Å². The number of rotatable bonds is 9. The van der Waals surface area contributed by atoms with Crippen LogP contribution in [0.5, 0.6) is 0 Å². The van der Waals surface area contributed by atoms with E-state index in [2.05, 4.69) is 58.6 Å². The molecule has 0 spiro atoms. The molecule has 1 fully saturated rings. The number of guanidine groups is 1. The van der Waals surface area contributed by atoms with Gasteiger partial charge in [0.2, 0.25) is 0 Å². The van der Waals surface area contributed by atoms with Gasteiger partial charge in [0.25, 0.3) is 0 Å². The minimum absolute atomic E-state index is 0.438. The molecule has 0 aliphatic carbocycles. The van der Waals surface area contributed by atoms with Gasteiger partial charge in [0.05, 0.1) is 0 Å². The van der Waals surface area contributed by atoms with Crippen molar-refractivity contribution >= 4 is 11.6 Å². The van der Waals surface area contributed by atoms with Gasteiger partial charge < -0.3 is 20.3 Å². The van der Waals surface area contributed by atoms with Crippen molar-refractivity contribution in [2.75, 3.05) is 44.8 Å². The molecule has 1 aliphatic heterocycles. The maximum atomic E-state index is 5.59. The summed E-state index contributed by atoms with van der Waals surface area (Å²) in [6, 6.07) is 9.22. The van der Waals surface area contributed by atoms with Gasteiger partial charge in [0.1, 0.15) is 0 Å². The Bertz CT molecular complexity index is 515. The molecule has 1 atom stereocenters. The van der Waals surface area contributed by atoms with Crippen molar-refractivity contribution in [2.45, 2.75) is 45.6 Å². The summed E-state index contributed by atoms with van der Waals surface area (Å²) in [6.45, 7) is 8.99. The Kier molecular flexibility index (Phi) is 8.60. The second-order valence-corrected chi connectivity index (χ2v) is 6.73. The van der Waals surface area contributed by atoms with Crippen molar-refractivity contribution in [3.63, 3.8) is 0 Å². The third kappa shape index (κ3) is 6.94. The Balaban J connectivity index is 1.65. The highest BCUT2D eigenvalue weighted by molar-refractivity contribution is 5.80. The van der Waals surface area contributed by atoms with Crippen LogP contribution >= 0.6 is 0 Å². The first-order valence-electron chi connectivity index (χ1n) is 9.59. The smallest absolute Gasteiger partial charge is 0.191 e. The lowest BCUT2D eigenvalue weighted by atomic mass is 10.2. The highest BCUT2D eigenvalue weighted by atomic mass is 16.5. The standard InChI is InChI=1S/C20H34N4O/c1-4-5-14-25-15-6-12-22-20(21-3)23-18-11-13-24(16-18)19-9-7-17(2)8-10-19/h7-10,18H,4-6,11-16H2,1-3H3,(H2,21,22,23). The van der Waals surface area contributed by atoms with Crippen molar-refractivity contribution in [3.05, 3.63) is 29.8 Å². The zero-order chi connectivity index (χ0) is 17.9. The van der Waals surface area contributed by atoms with Gasteiger partial charge in [-0.2, -0.15) is 0 Å². The topological polar surface area (TPSA) is 48.9 Å². The molecule has 1 aromatic carbocycles. The summed E-state index contributed by atoms with van der Waals surface area (Å²) in [5.41, 5.74) is 2.61. The number of unbranched alkanes of at least 4 members (excludes halogenated alkanes) is 1. The highest BCUT2D eigenvalue weighted by Gasteiger charge is 2.23. The van der Waals surface area contributed by atoms with E-state index in [1.165, 1.54) is 17.7 Å². The van der Waals surface area contributed by atoms with Gasteiger partial charge >= 0.3 is 0 Å². The van der Waals surface area contributed by atoms with Crippen LogP contribution in [0.4, 0.5) is 5.69 Å². The van der Waals surface area contributed by atoms with Crippen molar-refractivity contribution in [3.8, 4) is 0 Å². The molecule has 0 radical (unpaired) electrons. The zero-order valence-electron chi connectivity index (χ0n) is 16.1. The van der Waals surface area contributed by atoms with Gasteiger partial charge in [-0.3, -0.25) is 4.99 Å². The molecule has 1 heterocycles. The second-order valence-electron chi connectivity index (χ2n) is 6.73. The van der Waals surface area contributed by atoms with Crippen molar-refractivity contribution in [1.29, 1.82) is 0 Å². The van der Waals surface area contributed by atoms with Crippen LogP contribution in [0.3, 0.4) is 0 Å². The first kappa shape index (κ1) is 19.6. The third-order valence-corrected chi connectivity index (χ3v) is 4.55. The quantitative estimate of drug-likeness (QED) is 0.410. The summed E-state index contributed by atoms with van der Waals surface area (Å²) in [7, 11) is 1.83. The molecule has 0 amide bonds. The molecular formula is C20H34N4O. The molecular weight excluding hydrogens is 312 g/mol. The fraction of sp³-hybridized carbons (Fsp3) is 0.650. The minimum atomic E-state index is 0.438. The SMILES string of the molecule is CCCCOCCCNC(=NC)NC1CCN(c2ccc(C)cc2)C1. The molecule has 0 bridgehead atoms. The molecule has 0 aromatic heterocycles. The van der Waals surface area contributed by atoms with Crippen LogP contribution in [0, 0.1) is 6.92 Å². The third-order valence-electron chi connectivity index (χ3n) is 4.55. The Morgan fingerprint density at radius 2 is 2.00 bits per heavy atom. The van der Waals surface area contributed by atoms with E-state index in [9.17, 15) is 0 Å². The van der Waals surface area contributed by atoms with Crippen LogP contribution in [-0.4, -0.2) is 51.9 Å². The molecule has 5 heteroatoms. The molecule has 1 aliphatic rings. The van der Waals surface area contributed by atoms with E-state index in [4.69, 9.17) is 4.74 Å². The van der Waals surface area contributed by atoms with Crippen LogP contribution in [0.1, 0.15) is 38.2 Å². The van der Waals surface area contributed by atoms with E-state index < -0.39 is 0 Å². The molecule has 1 saturated heterocycles. The summed E-state index contributed by atoms with van der Waals surface area (Å²) < 4.78 is 5.59. The van der Waals surface area contributed by atoms with Crippen LogP contribution < -0.4 is 15.5 Å². The molecule has 1 unspecified atom stereocenters. The van der Waals surface area contributed by atoms with E-state index in [-0.39, 0.29) is 0 Å². The van der Waals surface area contributed by atoms with Gasteiger partial charge in [-0.15, -0.1) is 0 Å². The lowest BCUT2D eigenvalue weighted by Crippen LogP contribution is -2.45. The average molecular weight is 347 g/mol. The second kappa shape index (κ2) is 11.0. The Morgan fingerprint density at radius 3 is 2.72 bits per heavy atom. The molecule has 2 rings (SSSR count). The molecule has 5 nitrogen and oxygen atoms in total. The molecule has 25 heavy (non-hydrogen) atoms. The fourth-order valence-electron chi connectivity index (χ4n) is 2.99. The first-order valence-corrected chi connectivity index (χ1v) is 9.59. The van der Waals surface area contributed by atoms with Crippen LogP contribution in [0.15, 0.2) is 29.3 Å². The number of nitrogens with one attached hydrogen (secondary N) is 2. The van der Waals surface area contributed by atoms with E-state index in [0.29, 0.717) is 6.04 Å². The maximum absolute atomic E-state index is 5.59. The van der Waals surface area contributed by atoms with Gasteiger partial charge in [-0.1, -0.05) is 31.0 Å². The van der Waals surface area contributed by atoms with Crippen molar-refractivity contribution < 1.29 is 4.74 Å². The predicted octanol–water partition coefficient (Wildman–Crippen LogP) is 2.95. The van der Waals surface area contributed by atoms with Crippen LogP contribution in [0.2, 0.25) is 0 Å². The van der Waals surface area contributed by atoms with E-state index in [1.54, 1.807) is 0 Å². The largest absolute Gasteiger partial charge is 0.381 e. The lowest BCUT2D eigenvalue weighted by Gasteiger charge is -2.20. The van der Waals surface area contributed by atoms with Gasteiger partial charge in [0.15, 0.2) is 5.96 Å². The first-order chi connectivity index (χ1) is 12.2. The van der Waals surface area contributed by atoms with Gasteiger partial charge in [0, 0.05) is 51.6 Å². The van der Waals surface area contributed by atoms with E-state index in [1.807, 2.05) is 7.05 Å². The summed E-state index contributed by atoms with van der Waals surface area (Å²) in [5.74, 6) is 0.893. The lowest BCUT2D eigenvalue weighted by molar-refractivity contribution is 0.129. The maximum Gasteiger partial charge on any atom is 0.191 e. The number of hydrogen-bond acceptors (Lipinski definition) is 3. The molecule has 1 aromatic rings. The average Bonchev–Trinajstić information content (AvgIpc) is 3.09. The van der Waals surface area contributed by atoms with Gasteiger partial charge in [-0.25, -0.2) is 0 Å². The summed E-state index contributed by atoms with van der Waals surface area (Å²) in [6.07, 6.45) is 4.48. The predicted molar refractivity (Wildman–Crippen MR) is 107 cm³/mol. The number of aryl methyl sites for hydroxylation is 1. The number of ether oxygens (including phenoxy) is 1. The number of nitrogens with zero attached hydrogens (tertiary/aromatic N) is 2. The number of benzene rings is 1. The Hall–Kier alpha value is -1.75. The van der Waals surface area contributed by atoms with Crippen LogP contribution in [0.25, 0.3) is 0 Å². The number of hydrogen-bond donors (Lipinski definition) is 2. The monoisotopic (exact) mass is 346 g/mol. The fourth-order valence-corrected chi connectivity index (χ4v) is 2.99. The van der Waals surface area contributed by atoms with Gasteiger partial charge in [-0.05, 0) is 38.3 Å². The molecule has 2 N–H and O–H groups in total. The van der Waals surface area contributed by atoms with E-state index >= 15 is 0 Å². The Morgan fingerprint density at radius 1 is 1.24 bits per heavy atom.